The molecule has 1 aliphatic heterocycles. The van der Waals surface area contributed by atoms with Crippen molar-refractivity contribution < 1.29 is 18.4 Å². The minimum atomic E-state index is -2.19. The summed E-state index contributed by atoms with van der Waals surface area (Å²) in [6.07, 6.45) is 0.836. The first-order valence-electron chi connectivity index (χ1n) is 11.0. The molecule has 176 valence electrons. The molecule has 3 atom stereocenters. The molecule has 1 aliphatic rings. The Balaban J connectivity index is 1.74. The van der Waals surface area contributed by atoms with Crippen LogP contribution in [0.3, 0.4) is 0 Å². The Kier molecular flexibility index (Phi) is 7.55. The highest BCUT2D eigenvalue weighted by Crippen LogP contribution is 2.42. The second-order valence-electron chi connectivity index (χ2n) is 9.53. The lowest BCUT2D eigenvalue weighted by Gasteiger charge is -2.45. The molecular formula is C26H32N2O4S. The molecule has 3 unspecified atom stereocenters. The summed E-state index contributed by atoms with van der Waals surface area (Å²) in [6, 6.07) is 13.6. The van der Waals surface area contributed by atoms with Crippen molar-refractivity contribution in [1.82, 2.24) is 10.2 Å². The van der Waals surface area contributed by atoms with Crippen molar-refractivity contribution in [3.8, 4) is 0 Å². The van der Waals surface area contributed by atoms with Crippen molar-refractivity contribution >= 4 is 22.9 Å². The molecule has 0 radical (unpaired) electrons. The molecule has 2 amide bonds. The summed E-state index contributed by atoms with van der Waals surface area (Å²) in [5.41, 5.74) is 3.12. The van der Waals surface area contributed by atoms with Gasteiger partial charge in [0.15, 0.2) is 11.1 Å². The zero-order valence-electron chi connectivity index (χ0n) is 19.6. The molecule has 0 bridgehead atoms. The Morgan fingerprint density at radius 2 is 1.88 bits per heavy atom. The van der Waals surface area contributed by atoms with E-state index in [1.807, 2.05) is 4.90 Å². The van der Waals surface area contributed by atoms with E-state index >= 15 is 0 Å². The van der Waals surface area contributed by atoms with Gasteiger partial charge in [-0.25, -0.2) is 4.21 Å². The summed E-state index contributed by atoms with van der Waals surface area (Å²) in [4.78, 5) is 28.2. The Morgan fingerprint density at radius 3 is 2.45 bits per heavy atom. The number of rotatable bonds is 6. The summed E-state index contributed by atoms with van der Waals surface area (Å²) in [5, 5.41) is 2.76. The van der Waals surface area contributed by atoms with Gasteiger partial charge in [0.2, 0.25) is 5.91 Å². The zero-order chi connectivity index (χ0) is 24.3. The second-order valence-corrected chi connectivity index (χ2v) is 10.5. The van der Waals surface area contributed by atoms with Crippen molar-refractivity contribution in [3.63, 3.8) is 0 Å². The number of carbonyl (C=O) groups excluding carboxylic acids is 2. The average molecular weight is 469 g/mol. The summed E-state index contributed by atoms with van der Waals surface area (Å²) in [6.45, 7) is 13.2. The van der Waals surface area contributed by atoms with Crippen LogP contribution in [0.15, 0.2) is 65.6 Å². The largest absolute Gasteiger partial charge is 0.340 e. The number of nitrogens with zero attached hydrogens (tertiary/aromatic N) is 1. The van der Waals surface area contributed by atoms with Gasteiger partial charge in [0, 0.05) is 18.7 Å². The van der Waals surface area contributed by atoms with E-state index in [0.29, 0.717) is 24.6 Å². The molecule has 3 rings (SSSR count). The molecule has 0 spiro atoms. The van der Waals surface area contributed by atoms with Gasteiger partial charge in [-0.05, 0) is 60.9 Å². The highest BCUT2D eigenvalue weighted by atomic mass is 32.2. The molecule has 1 saturated heterocycles. The van der Waals surface area contributed by atoms with Gasteiger partial charge >= 0.3 is 0 Å². The fraction of sp³-hybridized carbons (Fsp3) is 0.385. The maximum Gasteiger partial charge on any atom is 0.252 e. The van der Waals surface area contributed by atoms with Gasteiger partial charge in [0.25, 0.3) is 5.91 Å². The molecule has 6 nitrogen and oxygen atoms in total. The minimum Gasteiger partial charge on any atom is -0.340 e. The Morgan fingerprint density at radius 1 is 1.21 bits per heavy atom. The molecule has 2 aromatic carbocycles. The highest BCUT2D eigenvalue weighted by molar-refractivity contribution is 7.79. The first kappa shape index (κ1) is 24.9. The number of hydrogen-bond donors (Lipinski definition) is 2. The Bertz CT molecular complexity index is 1080. The SMILES string of the molecule is C=C(C)C(NC(=O)c1cccc(S(=O)O)c1)C(=O)N1CCC(c2ccc(C)cc2)C(C)(C)C1. The van der Waals surface area contributed by atoms with Crippen LogP contribution in [0.5, 0.6) is 0 Å². The van der Waals surface area contributed by atoms with Crippen LogP contribution in [-0.4, -0.2) is 44.6 Å². The molecule has 2 N–H and O–H groups in total. The van der Waals surface area contributed by atoms with Crippen LogP contribution >= 0.6 is 0 Å². The van der Waals surface area contributed by atoms with E-state index in [2.05, 4.69) is 56.9 Å². The fourth-order valence-electron chi connectivity index (χ4n) is 4.50. The lowest BCUT2D eigenvalue weighted by atomic mass is 9.70. The first-order chi connectivity index (χ1) is 15.5. The van der Waals surface area contributed by atoms with E-state index in [9.17, 15) is 18.4 Å². The fourth-order valence-corrected chi connectivity index (χ4v) is 4.92. The maximum atomic E-state index is 13.4. The third-order valence-corrected chi connectivity index (χ3v) is 6.99. The first-order valence-corrected chi connectivity index (χ1v) is 12.1. The van der Waals surface area contributed by atoms with Crippen LogP contribution < -0.4 is 5.32 Å². The van der Waals surface area contributed by atoms with Gasteiger partial charge in [-0.3, -0.25) is 9.59 Å². The number of amides is 2. The van der Waals surface area contributed by atoms with E-state index < -0.39 is 23.0 Å². The van der Waals surface area contributed by atoms with Gasteiger partial charge in [-0.1, -0.05) is 56.3 Å². The molecule has 33 heavy (non-hydrogen) atoms. The number of aryl methyl sites for hydroxylation is 1. The Labute approximate surface area is 198 Å². The predicted octanol–water partition coefficient (Wildman–Crippen LogP) is 4.29. The smallest absolute Gasteiger partial charge is 0.252 e. The molecule has 0 saturated carbocycles. The van der Waals surface area contributed by atoms with E-state index in [1.165, 1.54) is 29.3 Å². The predicted molar refractivity (Wildman–Crippen MR) is 130 cm³/mol. The zero-order valence-corrected chi connectivity index (χ0v) is 20.4. The van der Waals surface area contributed by atoms with Gasteiger partial charge in [-0.2, -0.15) is 0 Å². The van der Waals surface area contributed by atoms with E-state index in [4.69, 9.17) is 0 Å². The van der Waals surface area contributed by atoms with Crippen LogP contribution in [0.1, 0.15) is 54.6 Å². The number of hydrogen-bond acceptors (Lipinski definition) is 3. The Hall–Kier alpha value is -2.77. The average Bonchev–Trinajstić information content (AvgIpc) is 2.76. The number of nitrogens with one attached hydrogen (secondary N) is 1. The summed E-state index contributed by atoms with van der Waals surface area (Å²) in [7, 11) is 0. The van der Waals surface area contributed by atoms with Crippen LogP contribution in [0.25, 0.3) is 0 Å². The number of carbonyl (C=O) groups is 2. The topological polar surface area (TPSA) is 86.7 Å². The van der Waals surface area contributed by atoms with Crippen LogP contribution in [0.4, 0.5) is 0 Å². The second kappa shape index (κ2) is 10.0. The molecule has 1 fully saturated rings. The summed E-state index contributed by atoms with van der Waals surface area (Å²) < 4.78 is 20.6. The van der Waals surface area contributed by atoms with Crippen LogP contribution in [-0.2, 0) is 15.9 Å². The van der Waals surface area contributed by atoms with Gasteiger partial charge in [0.1, 0.15) is 6.04 Å². The normalized spacial score (nSPS) is 19.4. The quantitative estimate of drug-likeness (QED) is 0.489. The van der Waals surface area contributed by atoms with Crippen LogP contribution in [0.2, 0.25) is 0 Å². The van der Waals surface area contributed by atoms with E-state index in [0.717, 1.165) is 6.42 Å². The van der Waals surface area contributed by atoms with E-state index in [-0.39, 0.29) is 21.8 Å². The lowest BCUT2D eigenvalue weighted by molar-refractivity contribution is -0.135. The molecular weight excluding hydrogens is 436 g/mol. The van der Waals surface area contributed by atoms with Crippen molar-refractivity contribution in [3.05, 3.63) is 77.4 Å². The molecule has 0 aromatic heterocycles. The molecule has 0 aliphatic carbocycles. The van der Waals surface area contributed by atoms with Crippen molar-refractivity contribution in [2.75, 3.05) is 13.1 Å². The third-order valence-electron chi connectivity index (χ3n) is 6.33. The highest BCUT2D eigenvalue weighted by Gasteiger charge is 2.40. The molecule has 7 heteroatoms. The van der Waals surface area contributed by atoms with Crippen LogP contribution in [0, 0.1) is 12.3 Å². The van der Waals surface area contributed by atoms with Crippen molar-refractivity contribution in [2.24, 2.45) is 5.41 Å². The van der Waals surface area contributed by atoms with Gasteiger partial charge < -0.3 is 14.8 Å². The number of likely N-dealkylation sites (tertiary alicyclic amines) is 1. The third kappa shape index (κ3) is 5.78. The van der Waals surface area contributed by atoms with Gasteiger partial charge in [-0.15, -0.1) is 0 Å². The summed E-state index contributed by atoms with van der Waals surface area (Å²) in [5.74, 6) is -0.340. The lowest BCUT2D eigenvalue weighted by Crippen LogP contribution is -2.54. The minimum absolute atomic E-state index is 0.126. The number of benzene rings is 2. The van der Waals surface area contributed by atoms with Gasteiger partial charge in [0.05, 0.1) is 4.90 Å². The monoisotopic (exact) mass is 468 g/mol. The van der Waals surface area contributed by atoms with Crippen molar-refractivity contribution in [2.45, 2.75) is 51.0 Å². The number of piperidine rings is 1. The van der Waals surface area contributed by atoms with E-state index in [1.54, 1.807) is 13.0 Å². The van der Waals surface area contributed by atoms with Crippen molar-refractivity contribution in [1.29, 1.82) is 0 Å². The summed E-state index contributed by atoms with van der Waals surface area (Å²) >= 11 is -2.19. The molecule has 2 aromatic rings. The molecule has 1 heterocycles. The standard InChI is InChI=1S/C26H32N2O4S/c1-17(2)23(27-24(29)20-7-6-8-21(15-20)33(31)32)25(30)28-14-13-22(26(4,5)16-28)19-11-9-18(3)10-12-19/h6-12,15,22-23H,1,13-14,16H2,2-5H3,(H,27,29)(H,31,32). The maximum absolute atomic E-state index is 13.4.